The Hall–Kier alpha value is -5.16. The van der Waals surface area contributed by atoms with E-state index < -0.39 is 0 Å². The zero-order valence-corrected chi connectivity index (χ0v) is 49.4. The Labute approximate surface area is 486 Å². The smallest absolute Gasteiger partial charge is 0.120 e. The Morgan fingerprint density at radius 3 is 2.59 bits per heavy atom. The Balaban J connectivity index is 0.974. The largest absolute Gasteiger partial charge is 0.490 e. The first-order valence-electron chi connectivity index (χ1n) is 32.8. The molecule has 1 aromatic rings. The van der Waals surface area contributed by atoms with Gasteiger partial charge in [-0.05, 0) is 220 Å². The lowest BCUT2D eigenvalue weighted by Crippen LogP contribution is -2.51. The van der Waals surface area contributed by atoms with Crippen molar-refractivity contribution >= 4 is 17.1 Å². The number of rotatable bonds is 12. The van der Waals surface area contributed by atoms with Crippen LogP contribution in [0.4, 0.5) is 0 Å². The summed E-state index contributed by atoms with van der Waals surface area (Å²) >= 11 is 0. The molecule has 7 heterocycles. The molecule has 6 aliphatic carbocycles. The summed E-state index contributed by atoms with van der Waals surface area (Å²) in [4.78, 5) is 27.6. The average Bonchev–Trinajstić information content (AvgIpc) is 3.67. The molecule has 0 spiro atoms. The topological polar surface area (TPSA) is 116 Å². The molecule has 81 heavy (non-hydrogen) atoms. The van der Waals surface area contributed by atoms with Crippen molar-refractivity contribution in [2.45, 2.75) is 229 Å². The van der Waals surface area contributed by atoms with Gasteiger partial charge in [-0.25, -0.2) is 0 Å². The Morgan fingerprint density at radius 2 is 1.72 bits per heavy atom. The van der Waals surface area contributed by atoms with Crippen molar-refractivity contribution in [3.8, 4) is 0 Å². The fourth-order valence-corrected chi connectivity index (χ4v) is 17.4. The van der Waals surface area contributed by atoms with Crippen LogP contribution >= 0.6 is 0 Å². The molecule has 0 aromatic carbocycles. The van der Waals surface area contributed by atoms with Crippen LogP contribution in [0.25, 0.3) is 0 Å². The van der Waals surface area contributed by atoms with Crippen molar-refractivity contribution in [2.75, 3.05) is 13.1 Å². The molecule has 6 aliphatic heterocycles. The highest BCUT2D eigenvalue weighted by Gasteiger charge is 2.47. The Morgan fingerprint density at radius 1 is 0.827 bits per heavy atom. The highest BCUT2D eigenvalue weighted by Crippen LogP contribution is 2.51. The summed E-state index contributed by atoms with van der Waals surface area (Å²) in [6.07, 6.45) is 59.9. The molecule has 12 aliphatic rings. The molecule has 14 atom stereocenters. The molecule has 10 nitrogen and oxygen atoms in total. The van der Waals surface area contributed by atoms with Gasteiger partial charge in [-0.2, -0.15) is 0 Å². The number of nitrogens with zero attached hydrogens (tertiary/aromatic N) is 6. The van der Waals surface area contributed by atoms with Gasteiger partial charge in [-0.15, -0.1) is 0 Å². The monoisotopic (exact) mass is 1090 g/mol. The highest BCUT2D eigenvalue weighted by atomic mass is 16.5. The summed E-state index contributed by atoms with van der Waals surface area (Å²) in [5.41, 5.74) is 22.4. The van der Waals surface area contributed by atoms with Crippen molar-refractivity contribution < 1.29 is 4.74 Å². The molecule has 0 bridgehead atoms. The van der Waals surface area contributed by atoms with E-state index >= 15 is 0 Å². The van der Waals surface area contributed by atoms with E-state index in [-0.39, 0.29) is 36.2 Å². The maximum Gasteiger partial charge on any atom is 0.120 e. The Bertz CT molecular complexity index is 2890. The lowest BCUT2D eigenvalue weighted by Gasteiger charge is -2.52. The van der Waals surface area contributed by atoms with Crippen LogP contribution in [-0.4, -0.2) is 99.4 Å². The number of hydrogen-bond acceptors (Lipinski definition) is 10. The number of fused-ring (bicyclic) bond motifs is 2. The van der Waals surface area contributed by atoms with Crippen LogP contribution in [0.1, 0.15) is 180 Å². The van der Waals surface area contributed by atoms with E-state index in [9.17, 15) is 0 Å². The first kappa shape index (κ1) is 55.1. The van der Waals surface area contributed by atoms with Gasteiger partial charge in [0.15, 0.2) is 0 Å². The molecule has 1 aromatic heterocycles. The number of aromatic nitrogens is 1. The second-order valence-electron chi connectivity index (χ2n) is 26.5. The fourth-order valence-electron chi connectivity index (χ4n) is 17.4. The minimum Gasteiger partial charge on any atom is -0.490 e. The van der Waals surface area contributed by atoms with E-state index in [0.717, 1.165) is 114 Å². The summed E-state index contributed by atoms with van der Waals surface area (Å²) in [6, 6.07) is 6.28. The number of hydrogen-bond donors (Lipinski definition) is 3. The number of allylic oxidation sites excluding steroid dienone is 14. The van der Waals surface area contributed by atoms with Crippen molar-refractivity contribution in [2.24, 2.45) is 50.3 Å². The van der Waals surface area contributed by atoms with E-state index in [4.69, 9.17) is 25.4 Å². The summed E-state index contributed by atoms with van der Waals surface area (Å²) in [5, 5.41) is 7.86. The van der Waals surface area contributed by atoms with Gasteiger partial charge in [-0.1, -0.05) is 74.1 Å². The molecule has 2 fully saturated rings. The van der Waals surface area contributed by atoms with E-state index in [1.807, 2.05) is 18.6 Å². The first-order valence-corrected chi connectivity index (χ1v) is 32.8. The molecule has 13 rings (SSSR count). The first-order chi connectivity index (χ1) is 39.8. The van der Waals surface area contributed by atoms with E-state index in [0.29, 0.717) is 54.3 Å². The molecular weight excluding hydrogens is 995 g/mol. The van der Waals surface area contributed by atoms with Crippen LogP contribution in [0.2, 0.25) is 0 Å². The third-order valence-electron chi connectivity index (χ3n) is 21.6. The van der Waals surface area contributed by atoms with E-state index in [1.165, 1.54) is 98.2 Å². The maximum atomic E-state index is 7.19. The molecule has 1 saturated carbocycles. The molecular formula is C71H95N9O. The zero-order chi connectivity index (χ0) is 54.8. The van der Waals surface area contributed by atoms with Crippen LogP contribution in [0.5, 0.6) is 0 Å². The second-order valence-corrected chi connectivity index (χ2v) is 26.5. The highest BCUT2D eigenvalue weighted by molar-refractivity contribution is 6.04. The van der Waals surface area contributed by atoms with Crippen LogP contribution in [-0.2, 0) is 4.74 Å². The van der Waals surface area contributed by atoms with Gasteiger partial charge in [0.1, 0.15) is 11.9 Å². The van der Waals surface area contributed by atoms with Gasteiger partial charge in [0, 0.05) is 108 Å². The molecule has 0 radical (unpaired) electrons. The SMILES string of the molecule is CC(N=C(CC(N)C1=NC=CCC1)c1cccnc1)C1=C(C2=CC=C(N3C4=C(CCC=C4)OC4CCCCC43)CC2C2=NC(C3C=CCCN3)CC(C3CCCN[C@H](C)CC3)C2C)CCC(N2C3=C(C=CCC3)C[C@H]3C=CCCC32)C1. The number of pyridine rings is 1. The number of aliphatic imine (C=N–C) groups is 3. The van der Waals surface area contributed by atoms with Gasteiger partial charge in [0.05, 0.1) is 23.8 Å². The Kier molecular flexibility index (Phi) is 17.0. The second kappa shape index (κ2) is 25.0. The molecule has 10 heteroatoms. The quantitative estimate of drug-likeness (QED) is 0.141. The van der Waals surface area contributed by atoms with Crippen LogP contribution < -0.4 is 16.4 Å². The predicted octanol–water partition coefficient (Wildman–Crippen LogP) is 13.8. The van der Waals surface area contributed by atoms with Crippen molar-refractivity contribution in [1.82, 2.24) is 25.4 Å². The van der Waals surface area contributed by atoms with Crippen molar-refractivity contribution in [1.29, 1.82) is 0 Å². The number of nitrogens with two attached hydrogens (primary N) is 1. The van der Waals surface area contributed by atoms with E-state index in [1.54, 1.807) is 16.8 Å². The standard InChI is InChI=1S/C71H95N9O/c1-46-30-31-49(20-17-39-74-46)57-43-64(62-23-13-15-38-76-62)78-71(47(57)2)59-42-54(80-67-26-8-10-28-69(67)81-70-29-11-9-27-68(70)80)33-35-56(59)55-34-32-53(79-65-24-6-4-18-50(65)40-51-19-5-7-25-66(51)79)41-58(55)48(3)77-63(52-21-16-36-73-45-52)44-60(72)61-22-12-14-37-75-61/h4-5,8,13-14,16,18-19,21,23,26,33,35-37,45-50,53,57,59-60,62,64-65,68,70,74,76H,6-7,9-12,15,17,20,22,24-25,27-32,34,38-44,72H2,1-3H3/t46-,47?,48?,49?,50-,53?,57?,59?,60?,62?,64?,65?,68?,70?/m1/s1. The minimum absolute atomic E-state index is 0.0764. The molecule has 1 saturated heterocycles. The summed E-state index contributed by atoms with van der Waals surface area (Å²) in [6.45, 7) is 9.61. The molecule has 12 unspecified atom stereocenters. The molecule has 4 N–H and O–H groups in total. The molecule has 0 amide bonds. The number of nitrogens with one attached hydrogen (secondary N) is 2. The van der Waals surface area contributed by atoms with Crippen LogP contribution in [0, 0.1) is 29.6 Å². The third-order valence-corrected chi connectivity index (χ3v) is 21.6. The van der Waals surface area contributed by atoms with Gasteiger partial charge >= 0.3 is 0 Å². The van der Waals surface area contributed by atoms with Gasteiger partial charge in [-0.3, -0.25) is 20.0 Å². The fraction of sp³-hybridized carbons (Fsp3) is 0.606. The number of ether oxygens (including phenoxy) is 1. The van der Waals surface area contributed by atoms with Gasteiger partial charge in [0.25, 0.3) is 0 Å². The summed E-state index contributed by atoms with van der Waals surface area (Å²) in [7, 11) is 0. The minimum atomic E-state index is -0.215. The van der Waals surface area contributed by atoms with Crippen LogP contribution in [0.3, 0.4) is 0 Å². The lowest BCUT2D eigenvalue weighted by molar-refractivity contribution is -0.0140. The normalized spacial score (nSPS) is 35.3. The van der Waals surface area contributed by atoms with Crippen LogP contribution in [0.15, 0.2) is 158 Å². The lowest BCUT2D eigenvalue weighted by atomic mass is 9.65. The van der Waals surface area contributed by atoms with Crippen molar-refractivity contribution in [3.05, 3.63) is 148 Å². The van der Waals surface area contributed by atoms with Crippen molar-refractivity contribution in [3.63, 3.8) is 0 Å². The van der Waals surface area contributed by atoms with Gasteiger partial charge in [0.2, 0.25) is 0 Å². The van der Waals surface area contributed by atoms with E-state index in [2.05, 4.69) is 125 Å². The predicted molar refractivity (Wildman–Crippen MR) is 333 cm³/mol. The zero-order valence-electron chi connectivity index (χ0n) is 49.4. The maximum absolute atomic E-state index is 7.19. The summed E-state index contributed by atoms with van der Waals surface area (Å²) in [5.74, 6) is 3.55. The summed E-state index contributed by atoms with van der Waals surface area (Å²) < 4.78 is 7.02. The average molecular weight is 1090 g/mol. The molecule has 430 valence electrons. The van der Waals surface area contributed by atoms with Gasteiger partial charge < -0.3 is 30.9 Å². The third kappa shape index (κ3) is 11.6.